The Kier molecular flexibility index (Phi) is 2.43. The Morgan fingerprint density at radius 3 is 3.10 bits per heavy atom. The molecule has 1 saturated heterocycles. The number of aromatic amines is 1. The Balaban J connectivity index is 1.90. The van der Waals surface area contributed by atoms with Crippen molar-refractivity contribution in [2.45, 2.75) is 44.7 Å². The van der Waals surface area contributed by atoms with Crippen LogP contribution >= 0.6 is 0 Å². The Hall–Kier alpha value is -1.84. The minimum Gasteiger partial charge on any atom is -0.356 e. The summed E-state index contributed by atoms with van der Waals surface area (Å²) in [5.41, 5.74) is 3.25. The van der Waals surface area contributed by atoms with Crippen LogP contribution in [0.1, 0.15) is 43.5 Å². The van der Waals surface area contributed by atoms with Gasteiger partial charge in [0.2, 0.25) is 5.91 Å². The van der Waals surface area contributed by atoms with E-state index in [4.69, 9.17) is 0 Å². The zero-order valence-corrected chi connectivity index (χ0v) is 11.4. The monoisotopic (exact) mass is 272 g/mol. The highest BCUT2D eigenvalue weighted by Gasteiger charge is 2.38. The highest BCUT2D eigenvalue weighted by Crippen LogP contribution is 2.40. The van der Waals surface area contributed by atoms with Gasteiger partial charge in [-0.2, -0.15) is 0 Å². The largest absolute Gasteiger partial charge is 0.356 e. The number of carbonyl (C=O) groups excluding carboxylic acids is 1. The molecule has 0 spiro atoms. The van der Waals surface area contributed by atoms with E-state index < -0.39 is 0 Å². The van der Waals surface area contributed by atoms with Gasteiger partial charge in [0.05, 0.1) is 6.04 Å². The number of piperidine rings is 1. The number of fused-ring (bicyclic) bond motifs is 4. The van der Waals surface area contributed by atoms with Crippen LogP contribution < -0.4 is 0 Å². The maximum atomic E-state index is 13.5. The van der Waals surface area contributed by atoms with E-state index in [2.05, 4.69) is 11.9 Å². The Labute approximate surface area is 116 Å². The van der Waals surface area contributed by atoms with Crippen molar-refractivity contribution in [2.24, 2.45) is 0 Å². The lowest BCUT2D eigenvalue weighted by Gasteiger charge is -2.43. The molecular weight excluding hydrogens is 255 g/mol. The molecule has 1 N–H and O–H groups in total. The minimum atomic E-state index is -0.200. The average Bonchev–Trinajstić information content (AvgIpc) is 2.78. The van der Waals surface area contributed by atoms with Gasteiger partial charge in [0.1, 0.15) is 5.82 Å². The third kappa shape index (κ3) is 1.54. The molecule has 3 nitrogen and oxygen atoms in total. The molecule has 2 aromatic rings. The number of halogens is 1. The van der Waals surface area contributed by atoms with Gasteiger partial charge in [0, 0.05) is 29.1 Å². The fourth-order valence-electron chi connectivity index (χ4n) is 3.89. The molecule has 1 unspecified atom stereocenters. The summed E-state index contributed by atoms with van der Waals surface area (Å²) in [4.78, 5) is 17.6. The van der Waals surface area contributed by atoms with E-state index in [1.165, 1.54) is 11.6 Å². The van der Waals surface area contributed by atoms with Gasteiger partial charge in [-0.3, -0.25) is 4.79 Å². The molecule has 2 atom stereocenters. The van der Waals surface area contributed by atoms with Crippen LogP contribution in [0.4, 0.5) is 4.39 Å². The van der Waals surface area contributed by atoms with E-state index in [0.717, 1.165) is 35.9 Å². The molecular formula is C16H17FN2O. The second kappa shape index (κ2) is 4.08. The van der Waals surface area contributed by atoms with Crippen molar-refractivity contribution in [3.05, 3.63) is 35.3 Å². The summed E-state index contributed by atoms with van der Waals surface area (Å²) in [6.45, 7) is 2.07. The minimum absolute atomic E-state index is 0.0620. The number of rotatable bonds is 0. The molecule has 0 saturated carbocycles. The van der Waals surface area contributed by atoms with E-state index >= 15 is 0 Å². The number of nitrogens with one attached hydrogen (secondary N) is 1. The van der Waals surface area contributed by atoms with Crippen molar-refractivity contribution in [1.29, 1.82) is 0 Å². The van der Waals surface area contributed by atoms with Crippen LogP contribution in [0.15, 0.2) is 18.2 Å². The molecule has 0 aliphatic carbocycles. The molecule has 2 aliphatic heterocycles. The fraction of sp³-hybridized carbons (Fsp3) is 0.438. The fourth-order valence-corrected chi connectivity index (χ4v) is 3.89. The molecule has 3 heterocycles. The summed E-state index contributed by atoms with van der Waals surface area (Å²) < 4.78 is 13.5. The first-order valence-corrected chi connectivity index (χ1v) is 7.26. The van der Waals surface area contributed by atoms with Gasteiger partial charge in [0.25, 0.3) is 0 Å². The zero-order chi connectivity index (χ0) is 13.9. The average molecular weight is 272 g/mol. The maximum Gasteiger partial charge on any atom is 0.223 e. The van der Waals surface area contributed by atoms with Crippen molar-refractivity contribution >= 4 is 16.8 Å². The molecule has 0 radical (unpaired) electrons. The number of hydrogen-bond donors (Lipinski definition) is 1. The molecule has 104 valence electrons. The van der Waals surface area contributed by atoms with Gasteiger partial charge < -0.3 is 9.88 Å². The Bertz CT molecular complexity index is 706. The zero-order valence-electron chi connectivity index (χ0n) is 11.4. The third-order valence-corrected chi connectivity index (χ3v) is 4.79. The number of aromatic nitrogens is 1. The van der Waals surface area contributed by atoms with Gasteiger partial charge in [-0.15, -0.1) is 0 Å². The summed E-state index contributed by atoms with van der Waals surface area (Å²) in [6, 6.07) is 5.22. The van der Waals surface area contributed by atoms with Crippen LogP contribution in [0.5, 0.6) is 0 Å². The van der Waals surface area contributed by atoms with Crippen molar-refractivity contribution in [2.75, 3.05) is 0 Å². The topological polar surface area (TPSA) is 36.1 Å². The van der Waals surface area contributed by atoms with Gasteiger partial charge in [-0.25, -0.2) is 4.39 Å². The van der Waals surface area contributed by atoms with Gasteiger partial charge in [-0.05, 0) is 49.9 Å². The first-order valence-electron chi connectivity index (χ1n) is 7.26. The predicted octanol–water partition coefficient (Wildman–Crippen LogP) is 3.31. The van der Waals surface area contributed by atoms with Gasteiger partial charge in [-0.1, -0.05) is 0 Å². The number of nitrogens with zero attached hydrogens (tertiary/aromatic N) is 1. The second-order valence-corrected chi connectivity index (χ2v) is 5.93. The van der Waals surface area contributed by atoms with Crippen molar-refractivity contribution in [3.8, 4) is 0 Å². The number of amides is 1. The van der Waals surface area contributed by atoms with Crippen LogP contribution in [0.3, 0.4) is 0 Å². The third-order valence-electron chi connectivity index (χ3n) is 4.79. The lowest BCUT2D eigenvalue weighted by Crippen LogP contribution is -2.48. The van der Waals surface area contributed by atoms with Crippen LogP contribution in [-0.2, 0) is 11.2 Å². The summed E-state index contributed by atoms with van der Waals surface area (Å²) in [5.74, 6) is 0.0540. The summed E-state index contributed by atoms with van der Waals surface area (Å²) in [7, 11) is 0. The summed E-state index contributed by atoms with van der Waals surface area (Å²) >= 11 is 0. The molecule has 1 fully saturated rings. The lowest BCUT2D eigenvalue weighted by molar-refractivity contribution is -0.139. The molecule has 4 rings (SSSR count). The molecule has 1 aromatic carbocycles. The molecule has 4 heteroatoms. The Morgan fingerprint density at radius 2 is 2.25 bits per heavy atom. The van der Waals surface area contributed by atoms with E-state index in [-0.39, 0.29) is 23.8 Å². The second-order valence-electron chi connectivity index (χ2n) is 5.93. The standard InChI is InChI=1S/C16H17FN2O/c1-9-16-13(8-11-3-2-4-15(20)19(9)11)12-7-10(17)5-6-14(12)18-16/h5-7,9,11,18H,2-4,8H2,1H3/t9-,11?/m1/s1. The van der Waals surface area contributed by atoms with Gasteiger partial charge >= 0.3 is 0 Å². The number of benzene rings is 1. The predicted molar refractivity (Wildman–Crippen MR) is 74.9 cm³/mol. The molecule has 1 amide bonds. The van der Waals surface area contributed by atoms with Crippen molar-refractivity contribution in [3.63, 3.8) is 0 Å². The summed E-state index contributed by atoms with van der Waals surface area (Å²) in [5, 5.41) is 0.976. The van der Waals surface area contributed by atoms with E-state index in [9.17, 15) is 9.18 Å². The van der Waals surface area contributed by atoms with Crippen molar-refractivity contribution < 1.29 is 9.18 Å². The molecule has 0 bridgehead atoms. The smallest absolute Gasteiger partial charge is 0.223 e. The number of H-pyrrole nitrogens is 1. The lowest BCUT2D eigenvalue weighted by atomic mass is 9.87. The maximum absolute atomic E-state index is 13.5. The quantitative estimate of drug-likeness (QED) is 0.784. The van der Waals surface area contributed by atoms with E-state index in [1.807, 2.05) is 4.90 Å². The highest BCUT2D eigenvalue weighted by atomic mass is 19.1. The molecule has 20 heavy (non-hydrogen) atoms. The van der Waals surface area contributed by atoms with Crippen LogP contribution in [0.25, 0.3) is 10.9 Å². The van der Waals surface area contributed by atoms with E-state index in [0.29, 0.717) is 6.42 Å². The summed E-state index contributed by atoms with van der Waals surface area (Å²) in [6.07, 6.45) is 3.52. The van der Waals surface area contributed by atoms with Crippen LogP contribution in [0.2, 0.25) is 0 Å². The number of carbonyl (C=O) groups is 1. The number of hydrogen-bond acceptors (Lipinski definition) is 1. The normalized spacial score (nSPS) is 25.7. The first kappa shape index (κ1) is 11.9. The molecule has 2 aliphatic rings. The first-order chi connectivity index (χ1) is 9.65. The highest BCUT2D eigenvalue weighted by molar-refractivity contribution is 5.86. The Morgan fingerprint density at radius 1 is 1.40 bits per heavy atom. The van der Waals surface area contributed by atoms with Crippen LogP contribution in [0, 0.1) is 5.82 Å². The molecule has 1 aromatic heterocycles. The van der Waals surface area contributed by atoms with Crippen molar-refractivity contribution in [1.82, 2.24) is 9.88 Å². The van der Waals surface area contributed by atoms with E-state index in [1.54, 1.807) is 12.1 Å². The van der Waals surface area contributed by atoms with Gasteiger partial charge in [0.15, 0.2) is 0 Å². The SMILES string of the molecule is C[C@@H]1c2[nH]c3ccc(F)cc3c2CC2CCCC(=O)N21. The van der Waals surface area contributed by atoms with Crippen LogP contribution in [-0.4, -0.2) is 21.8 Å².